The molecule has 2 saturated carbocycles. The van der Waals surface area contributed by atoms with Gasteiger partial charge in [0.05, 0.1) is 6.10 Å². The molecular formula is C11H21NO. The number of rotatable bonds is 1. The van der Waals surface area contributed by atoms with E-state index in [9.17, 15) is 5.11 Å². The minimum absolute atomic E-state index is 0.104. The maximum absolute atomic E-state index is 10.1. The van der Waals surface area contributed by atoms with E-state index in [4.69, 9.17) is 5.73 Å². The minimum Gasteiger partial charge on any atom is -0.393 e. The first-order valence-corrected chi connectivity index (χ1v) is 5.28. The number of fused-ring (bicyclic) bond motifs is 2. The number of hydrogen-bond donors (Lipinski definition) is 2. The summed E-state index contributed by atoms with van der Waals surface area (Å²) in [6.07, 6.45) is 3.11. The van der Waals surface area contributed by atoms with Crippen molar-refractivity contribution in [1.29, 1.82) is 0 Å². The van der Waals surface area contributed by atoms with Gasteiger partial charge in [0.1, 0.15) is 0 Å². The molecule has 0 aliphatic heterocycles. The van der Waals surface area contributed by atoms with Crippen molar-refractivity contribution in [3.8, 4) is 0 Å². The van der Waals surface area contributed by atoms with E-state index in [1.54, 1.807) is 0 Å². The van der Waals surface area contributed by atoms with E-state index >= 15 is 0 Å². The first-order valence-electron chi connectivity index (χ1n) is 5.28. The summed E-state index contributed by atoms with van der Waals surface area (Å²) >= 11 is 0. The first kappa shape index (κ1) is 9.47. The molecule has 0 heterocycles. The number of aliphatic hydroxyl groups excluding tert-OH is 1. The third-order valence-corrected chi connectivity index (χ3v) is 5.59. The van der Waals surface area contributed by atoms with Crippen LogP contribution < -0.4 is 5.73 Å². The molecule has 0 radical (unpaired) electrons. The van der Waals surface area contributed by atoms with Crippen LogP contribution in [0.4, 0.5) is 0 Å². The molecule has 0 saturated heterocycles. The van der Waals surface area contributed by atoms with Gasteiger partial charge in [0, 0.05) is 0 Å². The molecule has 2 heteroatoms. The summed E-state index contributed by atoms with van der Waals surface area (Å²) in [5.74, 6) is 0. The molecule has 2 fully saturated rings. The largest absolute Gasteiger partial charge is 0.393 e. The maximum Gasteiger partial charge on any atom is 0.0605 e. The summed E-state index contributed by atoms with van der Waals surface area (Å²) in [4.78, 5) is 0. The van der Waals surface area contributed by atoms with Gasteiger partial charge in [-0.1, -0.05) is 20.8 Å². The van der Waals surface area contributed by atoms with Crippen LogP contribution >= 0.6 is 0 Å². The van der Waals surface area contributed by atoms with Crippen molar-refractivity contribution in [3.05, 3.63) is 0 Å². The van der Waals surface area contributed by atoms with Gasteiger partial charge in [0.2, 0.25) is 0 Å². The molecule has 2 rings (SSSR count). The Morgan fingerprint density at radius 1 is 1.31 bits per heavy atom. The Balaban J connectivity index is 2.46. The molecule has 76 valence electrons. The van der Waals surface area contributed by atoms with Crippen LogP contribution in [0.25, 0.3) is 0 Å². The van der Waals surface area contributed by atoms with Gasteiger partial charge in [-0.3, -0.25) is 0 Å². The van der Waals surface area contributed by atoms with Crippen LogP contribution in [0.15, 0.2) is 0 Å². The van der Waals surface area contributed by atoms with Crippen molar-refractivity contribution in [3.63, 3.8) is 0 Å². The van der Waals surface area contributed by atoms with E-state index in [-0.39, 0.29) is 22.3 Å². The highest BCUT2D eigenvalue weighted by Crippen LogP contribution is 2.71. The normalized spacial score (nSPS) is 52.8. The standard InChI is InChI=1S/C11H21NO/c1-9(2)10(3)4-5-11(9,7-12)6-8(10)13/h8,13H,4-7,12H2,1-3H3. The Bertz CT molecular complexity index is 238. The monoisotopic (exact) mass is 183 g/mol. The SMILES string of the molecule is CC12CCC(CN)(CC1O)C2(C)C. The molecule has 3 unspecified atom stereocenters. The van der Waals surface area contributed by atoms with Crippen molar-refractivity contribution < 1.29 is 5.11 Å². The molecule has 0 aromatic rings. The predicted molar refractivity (Wildman–Crippen MR) is 53.2 cm³/mol. The second-order valence-corrected chi connectivity index (χ2v) is 5.75. The highest BCUT2D eigenvalue weighted by atomic mass is 16.3. The van der Waals surface area contributed by atoms with Gasteiger partial charge in [0.15, 0.2) is 0 Å². The van der Waals surface area contributed by atoms with Gasteiger partial charge in [-0.05, 0) is 42.1 Å². The van der Waals surface area contributed by atoms with Gasteiger partial charge in [0.25, 0.3) is 0 Å². The number of nitrogens with two attached hydrogens (primary N) is 1. The van der Waals surface area contributed by atoms with E-state index in [0.29, 0.717) is 0 Å². The lowest BCUT2D eigenvalue weighted by Crippen LogP contribution is -2.40. The average molecular weight is 183 g/mol. The molecule has 2 aliphatic carbocycles. The van der Waals surface area contributed by atoms with Crippen molar-refractivity contribution in [1.82, 2.24) is 0 Å². The van der Waals surface area contributed by atoms with E-state index < -0.39 is 0 Å². The lowest BCUT2D eigenvalue weighted by Gasteiger charge is -2.40. The fourth-order valence-electron chi connectivity index (χ4n) is 3.71. The summed E-state index contributed by atoms with van der Waals surface area (Å²) in [6.45, 7) is 7.51. The van der Waals surface area contributed by atoms with Crippen molar-refractivity contribution >= 4 is 0 Å². The van der Waals surface area contributed by atoms with Crippen LogP contribution in [0.5, 0.6) is 0 Å². The summed E-state index contributed by atoms with van der Waals surface area (Å²) in [5.41, 5.74) is 6.41. The predicted octanol–water partition coefficient (Wildman–Crippen LogP) is 1.52. The van der Waals surface area contributed by atoms with E-state index in [0.717, 1.165) is 19.4 Å². The molecule has 3 N–H and O–H groups in total. The Morgan fingerprint density at radius 2 is 1.92 bits per heavy atom. The van der Waals surface area contributed by atoms with Crippen LogP contribution in [0.3, 0.4) is 0 Å². The van der Waals surface area contributed by atoms with Gasteiger partial charge >= 0.3 is 0 Å². The van der Waals surface area contributed by atoms with Crippen molar-refractivity contribution in [2.24, 2.45) is 22.0 Å². The molecule has 0 aromatic carbocycles. The van der Waals surface area contributed by atoms with Gasteiger partial charge < -0.3 is 10.8 Å². The summed E-state index contributed by atoms with van der Waals surface area (Å²) in [6, 6.07) is 0. The fraction of sp³-hybridized carbons (Fsp3) is 1.00. The van der Waals surface area contributed by atoms with Crippen LogP contribution in [-0.2, 0) is 0 Å². The fourth-order valence-corrected chi connectivity index (χ4v) is 3.71. The Labute approximate surface area is 80.5 Å². The van der Waals surface area contributed by atoms with Crippen LogP contribution in [-0.4, -0.2) is 17.8 Å². The zero-order valence-corrected chi connectivity index (χ0v) is 8.93. The van der Waals surface area contributed by atoms with Crippen molar-refractivity contribution in [2.45, 2.75) is 46.1 Å². The van der Waals surface area contributed by atoms with Crippen LogP contribution in [0.2, 0.25) is 0 Å². The molecule has 13 heavy (non-hydrogen) atoms. The summed E-state index contributed by atoms with van der Waals surface area (Å²) in [5, 5.41) is 10.1. The quantitative estimate of drug-likeness (QED) is 0.647. The lowest BCUT2D eigenvalue weighted by atomic mass is 9.65. The molecule has 0 aromatic heterocycles. The smallest absolute Gasteiger partial charge is 0.0605 e. The zero-order valence-electron chi connectivity index (χ0n) is 8.93. The lowest BCUT2D eigenvalue weighted by molar-refractivity contribution is 0.0113. The van der Waals surface area contributed by atoms with Crippen LogP contribution in [0, 0.1) is 16.2 Å². The Hall–Kier alpha value is -0.0800. The zero-order chi connectivity index (χ0) is 9.91. The van der Waals surface area contributed by atoms with E-state index in [2.05, 4.69) is 20.8 Å². The third kappa shape index (κ3) is 0.774. The highest BCUT2D eigenvalue weighted by Gasteiger charge is 2.68. The number of aliphatic hydroxyl groups is 1. The van der Waals surface area contributed by atoms with Crippen LogP contribution in [0.1, 0.15) is 40.0 Å². The maximum atomic E-state index is 10.1. The molecule has 2 aliphatic rings. The molecule has 0 amide bonds. The van der Waals surface area contributed by atoms with E-state index in [1.165, 1.54) is 6.42 Å². The molecule has 2 nitrogen and oxygen atoms in total. The third-order valence-electron chi connectivity index (χ3n) is 5.59. The van der Waals surface area contributed by atoms with Crippen molar-refractivity contribution in [2.75, 3.05) is 6.54 Å². The first-order chi connectivity index (χ1) is 5.90. The molecule has 0 spiro atoms. The topological polar surface area (TPSA) is 46.2 Å². The molecular weight excluding hydrogens is 162 g/mol. The number of hydrogen-bond acceptors (Lipinski definition) is 2. The van der Waals surface area contributed by atoms with E-state index in [1.807, 2.05) is 0 Å². The second-order valence-electron chi connectivity index (χ2n) is 5.75. The molecule has 3 atom stereocenters. The summed E-state index contributed by atoms with van der Waals surface area (Å²) in [7, 11) is 0. The molecule has 2 bridgehead atoms. The summed E-state index contributed by atoms with van der Waals surface area (Å²) < 4.78 is 0. The minimum atomic E-state index is -0.139. The second kappa shape index (κ2) is 2.29. The Kier molecular flexibility index (Phi) is 1.67. The Morgan fingerprint density at radius 3 is 2.15 bits per heavy atom. The van der Waals surface area contributed by atoms with Gasteiger partial charge in [-0.15, -0.1) is 0 Å². The van der Waals surface area contributed by atoms with Gasteiger partial charge in [-0.2, -0.15) is 0 Å². The van der Waals surface area contributed by atoms with Gasteiger partial charge in [-0.25, -0.2) is 0 Å². The highest BCUT2D eigenvalue weighted by molar-refractivity contribution is 5.18. The average Bonchev–Trinajstić information content (AvgIpc) is 2.34.